The van der Waals surface area contributed by atoms with Crippen LogP contribution in [-0.4, -0.2) is 18.5 Å². The van der Waals surface area contributed by atoms with Gasteiger partial charge in [0, 0.05) is 0 Å². The maximum absolute atomic E-state index is 11.1. The summed E-state index contributed by atoms with van der Waals surface area (Å²) in [7, 11) is 0. The first kappa shape index (κ1) is 8.49. The Labute approximate surface area is 66.5 Å². The Hall–Kier alpha value is -0.610. The molecule has 4 N–H and O–H groups in total. The minimum Gasteiger partial charge on any atom is -0.305 e. The molecule has 4 nitrogen and oxygen atoms in total. The fraction of sp³-hybridized carbons (Fsp3) is 0.857. The molecule has 1 aliphatic heterocycles. The van der Waals surface area contributed by atoms with Gasteiger partial charge in [0.15, 0.2) is 0 Å². The van der Waals surface area contributed by atoms with E-state index >= 15 is 0 Å². The molecule has 0 aromatic carbocycles. The van der Waals surface area contributed by atoms with Crippen LogP contribution in [0.3, 0.4) is 0 Å². The summed E-state index contributed by atoms with van der Waals surface area (Å²) in [5, 5.41) is 3.11. The highest BCUT2D eigenvalue weighted by Crippen LogP contribution is 2.20. The molecule has 0 aromatic rings. The Morgan fingerprint density at radius 2 is 2.27 bits per heavy atom. The Morgan fingerprint density at radius 3 is 2.64 bits per heavy atom. The SMILES string of the molecule is CC1CNC(C(=O)NN)C1C. The minimum absolute atomic E-state index is 0.102. The molecule has 4 heteroatoms. The van der Waals surface area contributed by atoms with Gasteiger partial charge in [-0.3, -0.25) is 10.2 Å². The third-order valence-electron chi connectivity index (χ3n) is 2.51. The summed E-state index contributed by atoms with van der Waals surface area (Å²) in [6.07, 6.45) is 0. The number of nitrogens with one attached hydrogen (secondary N) is 2. The smallest absolute Gasteiger partial charge is 0.251 e. The highest BCUT2D eigenvalue weighted by molar-refractivity contribution is 5.81. The van der Waals surface area contributed by atoms with Gasteiger partial charge in [-0.25, -0.2) is 5.84 Å². The minimum atomic E-state index is -0.109. The van der Waals surface area contributed by atoms with Gasteiger partial charge in [-0.1, -0.05) is 13.8 Å². The second kappa shape index (κ2) is 3.19. The topological polar surface area (TPSA) is 67.2 Å². The number of hydrazine groups is 1. The number of carbonyl (C=O) groups is 1. The van der Waals surface area contributed by atoms with Crippen molar-refractivity contribution in [3.63, 3.8) is 0 Å². The molecular formula is C7H15N3O. The van der Waals surface area contributed by atoms with Crippen molar-refractivity contribution in [3.8, 4) is 0 Å². The lowest BCUT2D eigenvalue weighted by atomic mass is 9.94. The van der Waals surface area contributed by atoms with Crippen LogP contribution in [0.1, 0.15) is 13.8 Å². The molecule has 3 atom stereocenters. The number of carbonyl (C=O) groups excluding carboxylic acids is 1. The van der Waals surface area contributed by atoms with Crippen LogP contribution in [0.5, 0.6) is 0 Å². The van der Waals surface area contributed by atoms with E-state index in [-0.39, 0.29) is 11.9 Å². The Balaban J connectivity index is 2.54. The predicted molar refractivity (Wildman–Crippen MR) is 42.4 cm³/mol. The van der Waals surface area contributed by atoms with Crippen LogP contribution < -0.4 is 16.6 Å². The molecule has 0 radical (unpaired) electrons. The first-order valence-electron chi connectivity index (χ1n) is 3.90. The molecule has 0 bridgehead atoms. The Bertz CT molecular complexity index is 160. The number of rotatable bonds is 1. The van der Waals surface area contributed by atoms with Crippen LogP contribution >= 0.6 is 0 Å². The molecule has 64 valence electrons. The van der Waals surface area contributed by atoms with Crippen molar-refractivity contribution in [2.24, 2.45) is 17.7 Å². The van der Waals surface area contributed by atoms with E-state index in [9.17, 15) is 4.79 Å². The van der Waals surface area contributed by atoms with Gasteiger partial charge in [0.2, 0.25) is 0 Å². The van der Waals surface area contributed by atoms with Crippen molar-refractivity contribution < 1.29 is 4.79 Å². The summed E-state index contributed by atoms with van der Waals surface area (Å²) in [4.78, 5) is 11.1. The molecule has 1 rings (SSSR count). The van der Waals surface area contributed by atoms with Gasteiger partial charge >= 0.3 is 0 Å². The Morgan fingerprint density at radius 1 is 1.64 bits per heavy atom. The van der Waals surface area contributed by atoms with Crippen LogP contribution in [0.2, 0.25) is 0 Å². The molecule has 1 amide bonds. The lowest BCUT2D eigenvalue weighted by Gasteiger charge is -2.14. The summed E-state index contributed by atoms with van der Waals surface area (Å²) in [6, 6.07) is -0.102. The number of nitrogens with two attached hydrogens (primary N) is 1. The summed E-state index contributed by atoms with van der Waals surface area (Å²) in [6.45, 7) is 5.09. The zero-order chi connectivity index (χ0) is 8.43. The van der Waals surface area contributed by atoms with Crippen molar-refractivity contribution in [1.29, 1.82) is 0 Å². The molecule has 0 aliphatic carbocycles. The van der Waals surface area contributed by atoms with E-state index in [2.05, 4.69) is 24.6 Å². The average molecular weight is 157 g/mol. The van der Waals surface area contributed by atoms with E-state index < -0.39 is 0 Å². The van der Waals surface area contributed by atoms with Crippen molar-refractivity contribution >= 4 is 5.91 Å². The predicted octanol–water partition coefficient (Wildman–Crippen LogP) is -0.780. The van der Waals surface area contributed by atoms with Crippen LogP contribution in [-0.2, 0) is 4.79 Å². The molecule has 0 aromatic heterocycles. The van der Waals surface area contributed by atoms with Crippen molar-refractivity contribution in [1.82, 2.24) is 10.7 Å². The van der Waals surface area contributed by atoms with E-state index in [1.165, 1.54) is 0 Å². The largest absolute Gasteiger partial charge is 0.305 e. The Kier molecular flexibility index (Phi) is 2.46. The van der Waals surface area contributed by atoms with Gasteiger partial charge < -0.3 is 5.32 Å². The lowest BCUT2D eigenvalue weighted by molar-refractivity contribution is -0.123. The zero-order valence-electron chi connectivity index (χ0n) is 6.92. The van der Waals surface area contributed by atoms with Crippen LogP contribution in [0.25, 0.3) is 0 Å². The standard InChI is InChI=1S/C7H15N3O/c1-4-3-9-6(5(4)2)7(11)10-8/h4-6,9H,3,8H2,1-2H3,(H,10,11). The van der Waals surface area contributed by atoms with Crippen molar-refractivity contribution in [2.45, 2.75) is 19.9 Å². The van der Waals surface area contributed by atoms with Crippen LogP contribution in [0.4, 0.5) is 0 Å². The van der Waals surface area contributed by atoms with Gasteiger partial charge in [-0.2, -0.15) is 0 Å². The highest BCUT2D eigenvalue weighted by Gasteiger charge is 2.33. The number of amides is 1. The van der Waals surface area contributed by atoms with E-state index in [0.29, 0.717) is 11.8 Å². The maximum atomic E-state index is 11.1. The quantitative estimate of drug-likeness (QED) is 0.266. The van der Waals surface area contributed by atoms with Crippen LogP contribution in [0, 0.1) is 11.8 Å². The lowest BCUT2D eigenvalue weighted by Crippen LogP contribution is -2.46. The molecule has 1 heterocycles. The maximum Gasteiger partial charge on any atom is 0.251 e. The van der Waals surface area contributed by atoms with Gasteiger partial charge in [0.05, 0.1) is 6.04 Å². The molecule has 3 unspecified atom stereocenters. The van der Waals surface area contributed by atoms with Gasteiger partial charge in [-0.15, -0.1) is 0 Å². The van der Waals surface area contributed by atoms with E-state index in [1.54, 1.807) is 0 Å². The highest BCUT2D eigenvalue weighted by atomic mass is 16.2. The van der Waals surface area contributed by atoms with Crippen LogP contribution in [0.15, 0.2) is 0 Å². The molecule has 11 heavy (non-hydrogen) atoms. The van der Waals surface area contributed by atoms with E-state index in [4.69, 9.17) is 5.84 Å². The first-order valence-corrected chi connectivity index (χ1v) is 3.90. The monoisotopic (exact) mass is 157 g/mol. The normalized spacial score (nSPS) is 37.2. The van der Waals surface area contributed by atoms with Crippen molar-refractivity contribution in [2.75, 3.05) is 6.54 Å². The molecular weight excluding hydrogens is 142 g/mol. The summed E-state index contributed by atoms with van der Waals surface area (Å²) in [5.74, 6) is 5.84. The number of hydrogen-bond donors (Lipinski definition) is 3. The third-order valence-corrected chi connectivity index (χ3v) is 2.51. The molecule has 0 saturated carbocycles. The average Bonchev–Trinajstić information content (AvgIpc) is 2.32. The third kappa shape index (κ3) is 1.52. The molecule has 1 saturated heterocycles. The fourth-order valence-electron chi connectivity index (χ4n) is 1.43. The summed E-state index contributed by atoms with van der Waals surface area (Å²) in [5.41, 5.74) is 2.16. The molecule has 1 fully saturated rings. The molecule has 1 aliphatic rings. The van der Waals surface area contributed by atoms with E-state index in [0.717, 1.165) is 6.54 Å². The first-order chi connectivity index (χ1) is 5.16. The van der Waals surface area contributed by atoms with Gasteiger partial charge in [0.1, 0.15) is 0 Å². The zero-order valence-corrected chi connectivity index (χ0v) is 6.92. The van der Waals surface area contributed by atoms with Gasteiger partial charge in [0.25, 0.3) is 5.91 Å². The number of hydrogen-bond acceptors (Lipinski definition) is 3. The van der Waals surface area contributed by atoms with Crippen molar-refractivity contribution in [3.05, 3.63) is 0 Å². The summed E-state index contributed by atoms with van der Waals surface area (Å²) >= 11 is 0. The molecule has 0 spiro atoms. The second-order valence-electron chi connectivity index (χ2n) is 3.23. The second-order valence-corrected chi connectivity index (χ2v) is 3.23. The summed E-state index contributed by atoms with van der Waals surface area (Å²) < 4.78 is 0. The fourth-order valence-corrected chi connectivity index (χ4v) is 1.43. The van der Waals surface area contributed by atoms with Gasteiger partial charge in [-0.05, 0) is 18.4 Å². The van der Waals surface area contributed by atoms with E-state index in [1.807, 2.05) is 0 Å².